The van der Waals surface area contributed by atoms with Gasteiger partial charge < -0.3 is 10.2 Å². The highest BCUT2D eigenvalue weighted by Crippen LogP contribution is 2.34. The van der Waals surface area contributed by atoms with Crippen LogP contribution < -0.4 is 0 Å². The molecule has 0 aliphatic rings. The molecule has 0 aliphatic carbocycles. The molecule has 3 aromatic rings. The number of thiazole rings is 1. The molecule has 2 N–H and O–H groups in total. The van der Waals surface area contributed by atoms with E-state index >= 15 is 0 Å². The number of hydrogen-bond acceptors (Lipinski definition) is 4. The van der Waals surface area contributed by atoms with Crippen LogP contribution in [-0.2, 0) is 0 Å². The van der Waals surface area contributed by atoms with Gasteiger partial charge in [-0.3, -0.25) is 0 Å². The number of para-hydroxylation sites is 1. The third kappa shape index (κ3) is 1.80. The van der Waals surface area contributed by atoms with Crippen molar-refractivity contribution >= 4 is 21.6 Å². The van der Waals surface area contributed by atoms with Crippen molar-refractivity contribution in [2.45, 2.75) is 6.92 Å². The summed E-state index contributed by atoms with van der Waals surface area (Å²) in [6.45, 7) is 2.02. The molecule has 1 aromatic heterocycles. The van der Waals surface area contributed by atoms with E-state index in [1.807, 2.05) is 25.1 Å². The van der Waals surface area contributed by atoms with E-state index in [-0.39, 0.29) is 11.5 Å². The zero-order valence-corrected chi connectivity index (χ0v) is 10.5. The lowest BCUT2D eigenvalue weighted by molar-refractivity contribution is 0.451. The standard InChI is InChI=1S/C14H11NO2S/c1-8-3-2-4-12-13(8)15-14(18-12)9-5-10(16)7-11(17)6-9/h2-7,16-17H,1H3. The van der Waals surface area contributed by atoms with Gasteiger partial charge in [-0.05, 0) is 30.7 Å². The van der Waals surface area contributed by atoms with Crippen LogP contribution in [0.2, 0.25) is 0 Å². The molecule has 0 saturated carbocycles. The smallest absolute Gasteiger partial charge is 0.124 e. The fourth-order valence-corrected chi connectivity index (χ4v) is 2.96. The molecule has 90 valence electrons. The van der Waals surface area contributed by atoms with Gasteiger partial charge >= 0.3 is 0 Å². The van der Waals surface area contributed by atoms with Gasteiger partial charge in [0, 0.05) is 11.6 Å². The number of hydrogen-bond donors (Lipinski definition) is 2. The topological polar surface area (TPSA) is 53.4 Å². The molecule has 1 heterocycles. The summed E-state index contributed by atoms with van der Waals surface area (Å²) in [6.07, 6.45) is 0. The second-order valence-electron chi connectivity index (χ2n) is 4.18. The minimum absolute atomic E-state index is 0.0426. The highest BCUT2D eigenvalue weighted by molar-refractivity contribution is 7.21. The number of phenols is 2. The molecular weight excluding hydrogens is 246 g/mol. The molecule has 0 saturated heterocycles. The largest absolute Gasteiger partial charge is 0.508 e. The van der Waals surface area contributed by atoms with E-state index in [1.165, 1.54) is 6.07 Å². The normalized spacial score (nSPS) is 10.9. The van der Waals surface area contributed by atoms with Crippen molar-refractivity contribution in [1.29, 1.82) is 0 Å². The van der Waals surface area contributed by atoms with Gasteiger partial charge in [0.15, 0.2) is 0 Å². The van der Waals surface area contributed by atoms with Crippen LogP contribution >= 0.6 is 11.3 Å². The number of aromatic nitrogens is 1. The molecule has 0 fully saturated rings. The Kier molecular flexibility index (Phi) is 2.45. The maximum atomic E-state index is 9.50. The van der Waals surface area contributed by atoms with Crippen LogP contribution in [-0.4, -0.2) is 15.2 Å². The van der Waals surface area contributed by atoms with Gasteiger partial charge in [0.25, 0.3) is 0 Å². The van der Waals surface area contributed by atoms with Crippen LogP contribution in [0.15, 0.2) is 36.4 Å². The summed E-state index contributed by atoms with van der Waals surface area (Å²) in [7, 11) is 0. The molecule has 3 rings (SSSR count). The molecule has 18 heavy (non-hydrogen) atoms. The molecule has 3 nitrogen and oxygen atoms in total. The fourth-order valence-electron chi connectivity index (χ4n) is 1.93. The monoisotopic (exact) mass is 257 g/mol. The highest BCUT2D eigenvalue weighted by Gasteiger charge is 2.09. The Morgan fingerprint density at radius 3 is 2.44 bits per heavy atom. The summed E-state index contributed by atoms with van der Waals surface area (Å²) in [5.74, 6) is 0.0851. The average molecular weight is 257 g/mol. The van der Waals surface area contributed by atoms with Crippen molar-refractivity contribution in [2.75, 3.05) is 0 Å². The molecular formula is C14H11NO2S. The van der Waals surface area contributed by atoms with Crippen molar-refractivity contribution in [3.63, 3.8) is 0 Å². The van der Waals surface area contributed by atoms with E-state index in [4.69, 9.17) is 0 Å². The minimum atomic E-state index is 0.0426. The minimum Gasteiger partial charge on any atom is -0.508 e. The summed E-state index contributed by atoms with van der Waals surface area (Å²) in [6, 6.07) is 10.6. The number of phenolic OH excluding ortho intramolecular Hbond substituents is 2. The first-order valence-corrected chi connectivity index (χ1v) is 6.35. The van der Waals surface area contributed by atoms with E-state index in [9.17, 15) is 10.2 Å². The van der Waals surface area contributed by atoms with Crippen molar-refractivity contribution in [2.24, 2.45) is 0 Å². The lowest BCUT2D eigenvalue weighted by Crippen LogP contribution is -1.78. The Balaban J connectivity index is 2.22. The zero-order valence-electron chi connectivity index (χ0n) is 9.71. The number of nitrogens with zero attached hydrogens (tertiary/aromatic N) is 1. The van der Waals surface area contributed by atoms with Gasteiger partial charge in [-0.1, -0.05) is 12.1 Å². The fraction of sp³-hybridized carbons (Fsp3) is 0.0714. The summed E-state index contributed by atoms with van der Waals surface area (Å²) in [5.41, 5.74) is 2.83. The van der Waals surface area contributed by atoms with Crippen LogP contribution in [0.5, 0.6) is 11.5 Å². The second kappa shape index (κ2) is 3.99. The Bertz CT molecular complexity index is 713. The summed E-state index contributed by atoms with van der Waals surface area (Å²) >= 11 is 1.55. The Hall–Kier alpha value is -2.07. The van der Waals surface area contributed by atoms with Crippen molar-refractivity contribution < 1.29 is 10.2 Å². The summed E-state index contributed by atoms with van der Waals surface area (Å²) in [4.78, 5) is 4.56. The molecule has 0 amide bonds. The number of rotatable bonds is 1. The maximum absolute atomic E-state index is 9.50. The van der Waals surface area contributed by atoms with Crippen LogP contribution in [0.1, 0.15) is 5.56 Å². The molecule has 4 heteroatoms. The van der Waals surface area contributed by atoms with Crippen molar-refractivity contribution in [3.8, 4) is 22.1 Å². The van der Waals surface area contributed by atoms with Crippen molar-refractivity contribution in [1.82, 2.24) is 4.98 Å². The van der Waals surface area contributed by atoms with Crippen LogP contribution in [0, 0.1) is 6.92 Å². The van der Waals surface area contributed by atoms with E-state index < -0.39 is 0 Å². The van der Waals surface area contributed by atoms with E-state index in [0.717, 1.165) is 26.4 Å². The zero-order chi connectivity index (χ0) is 12.7. The predicted octanol–water partition coefficient (Wildman–Crippen LogP) is 3.68. The van der Waals surface area contributed by atoms with Gasteiger partial charge in [0.1, 0.15) is 16.5 Å². The summed E-state index contributed by atoms with van der Waals surface area (Å²) < 4.78 is 1.10. The molecule has 0 radical (unpaired) electrons. The lowest BCUT2D eigenvalue weighted by Gasteiger charge is -1.99. The number of aryl methyl sites for hydroxylation is 1. The summed E-state index contributed by atoms with van der Waals surface area (Å²) in [5, 5.41) is 19.8. The van der Waals surface area contributed by atoms with Gasteiger partial charge in [0.05, 0.1) is 10.2 Å². The van der Waals surface area contributed by atoms with E-state index in [1.54, 1.807) is 23.5 Å². The number of benzene rings is 2. The molecule has 0 aliphatic heterocycles. The van der Waals surface area contributed by atoms with Gasteiger partial charge in [0.2, 0.25) is 0 Å². The first-order chi connectivity index (χ1) is 8.63. The van der Waals surface area contributed by atoms with Crippen molar-refractivity contribution in [3.05, 3.63) is 42.0 Å². The highest BCUT2D eigenvalue weighted by atomic mass is 32.1. The maximum Gasteiger partial charge on any atom is 0.124 e. The second-order valence-corrected chi connectivity index (χ2v) is 5.21. The quantitative estimate of drug-likeness (QED) is 0.699. The molecule has 2 aromatic carbocycles. The van der Waals surface area contributed by atoms with Gasteiger partial charge in [-0.2, -0.15) is 0 Å². The first kappa shape index (κ1) is 11.0. The Morgan fingerprint density at radius 2 is 1.78 bits per heavy atom. The SMILES string of the molecule is Cc1cccc2sc(-c3cc(O)cc(O)c3)nc12. The van der Waals surface area contributed by atoms with Crippen LogP contribution in [0.3, 0.4) is 0 Å². The third-order valence-electron chi connectivity index (χ3n) is 2.77. The lowest BCUT2D eigenvalue weighted by atomic mass is 10.2. The first-order valence-electron chi connectivity index (χ1n) is 5.53. The molecule has 0 unspecified atom stereocenters. The van der Waals surface area contributed by atoms with Gasteiger partial charge in [-0.25, -0.2) is 4.98 Å². The third-order valence-corrected chi connectivity index (χ3v) is 3.84. The Labute approximate surface area is 108 Å². The molecule has 0 atom stereocenters. The van der Waals surface area contributed by atoms with E-state index in [2.05, 4.69) is 4.98 Å². The molecule has 0 bridgehead atoms. The van der Waals surface area contributed by atoms with Crippen LogP contribution in [0.4, 0.5) is 0 Å². The van der Waals surface area contributed by atoms with Gasteiger partial charge in [-0.15, -0.1) is 11.3 Å². The van der Waals surface area contributed by atoms with E-state index in [0.29, 0.717) is 0 Å². The number of aromatic hydroxyl groups is 2. The predicted molar refractivity (Wildman–Crippen MR) is 73.1 cm³/mol. The Morgan fingerprint density at radius 1 is 1.06 bits per heavy atom. The van der Waals surface area contributed by atoms with Crippen LogP contribution in [0.25, 0.3) is 20.8 Å². The molecule has 0 spiro atoms. The number of fused-ring (bicyclic) bond motifs is 1. The average Bonchev–Trinajstić information content (AvgIpc) is 2.73.